The molecule has 1 amide bonds. The van der Waals surface area contributed by atoms with Gasteiger partial charge in [0.1, 0.15) is 12.1 Å². The Morgan fingerprint density at radius 1 is 1.17 bits per heavy atom. The van der Waals surface area contributed by atoms with E-state index in [0.29, 0.717) is 11.4 Å². The van der Waals surface area contributed by atoms with Crippen LogP contribution in [0.3, 0.4) is 0 Å². The summed E-state index contributed by atoms with van der Waals surface area (Å²) in [4.78, 5) is 18.6. The second-order valence-corrected chi connectivity index (χ2v) is 5.52. The normalized spacial score (nSPS) is 10.6. The average molecular weight is 321 g/mol. The average Bonchev–Trinajstić information content (AvgIpc) is 3.09. The summed E-state index contributed by atoms with van der Waals surface area (Å²) in [5.74, 6) is 1.33. The van der Waals surface area contributed by atoms with Crippen LogP contribution >= 0.6 is 0 Å². The lowest BCUT2D eigenvalue weighted by Crippen LogP contribution is -2.27. The zero-order chi connectivity index (χ0) is 17.1. The number of benzene rings is 1. The van der Waals surface area contributed by atoms with Gasteiger partial charge in [0, 0.05) is 30.4 Å². The summed E-state index contributed by atoms with van der Waals surface area (Å²) in [6, 6.07) is 13.0. The highest BCUT2D eigenvalue weighted by Crippen LogP contribution is 2.19. The fraction of sp³-hybridized carbons (Fsp3) is 0.222. The molecular formula is C18H19N5O. The van der Waals surface area contributed by atoms with E-state index in [1.807, 2.05) is 48.7 Å². The molecule has 0 aliphatic rings. The molecule has 3 aromatic rings. The lowest BCUT2D eigenvalue weighted by atomic mass is 10.1. The minimum absolute atomic E-state index is 0.100. The number of carbonyl (C=O) groups excluding carboxylic acids is 1. The number of pyridine rings is 1. The van der Waals surface area contributed by atoms with E-state index in [0.717, 1.165) is 23.6 Å². The number of rotatable bonds is 4. The number of anilines is 1. The second-order valence-electron chi connectivity index (χ2n) is 5.52. The molecule has 0 saturated carbocycles. The Morgan fingerprint density at radius 2 is 1.92 bits per heavy atom. The van der Waals surface area contributed by atoms with Gasteiger partial charge in [0.2, 0.25) is 0 Å². The first-order valence-electron chi connectivity index (χ1n) is 7.80. The monoisotopic (exact) mass is 321 g/mol. The third-order valence-corrected chi connectivity index (χ3v) is 3.87. The molecule has 0 atom stereocenters. The quantitative estimate of drug-likeness (QED) is 0.741. The zero-order valence-corrected chi connectivity index (χ0v) is 14.0. The van der Waals surface area contributed by atoms with Crippen LogP contribution in [0.5, 0.6) is 0 Å². The number of carbonyl (C=O) groups is 1. The Bertz CT molecular complexity index is 854. The van der Waals surface area contributed by atoms with Gasteiger partial charge in [0.15, 0.2) is 5.82 Å². The fourth-order valence-corrected chi connectivity index (χ4v) is 2.48. The zero-order valence-electron chi connectivity index (χ0n) is 14.0. The summed E-state index contributed by atoms with van der Waals surface area (Å²) in [7, 11) is 1.73. The molecule has 0 N–H and O–H groups in total. The molecule has 24 heavy (non-hydrogen) atoms. The molecule has 1 aromatic carbocycles. The van der Waals surface area contributed by atoms with Gasteiger partial charge in [-0.05, 0) is 38.1 Å². The lowest BCUT2D eigenvalue weighted by molar-refractivity contribution is 0.0992. The van der Waals surface area contributed by atoms with Crippen molar-refractivity contribution in [2.24, 2.45) is 0 Å². The minimum atomic E-state index is -0.100. The van der Waals surface area contributed by atoms with E-state index < -0.39 is 0 Å². The van der Waals surface area contributed by atoms with Crippen LogP contribution in [-0.4, -0.2) is 32.7 Å². The number of hydrogen-bond donors (Lipinski definition) is 0. The van der Waals surface area contributed by atoms with Crippen LogP contribution in [0, 0.1) is 6.92 Å². The van der Waals surface area contributed by atoms with E-state index in [4.69, 9.17) is 0 Å². The van der Waals surface area contributed by atoms with Gasteiger partial charge < -0.3 is 4.57 Å². The largest absolute Gasteiger partial charge is 0.314 e. The Hall–Kier alpha value is -3.02. The maximum Gasteiger partial charge on any atom is 0.259 e. The van der Waals surface area contributed by atoms with Crippen molar-refractivity contribution in [1.29, 1.82) is 0 Å². The van der Waals surface area contributed by atoms with Gasteiger partial charge in [0.05, 0.1) is 0 Å². The van der Waals surface area contributed by atoms with Crippen molar-refractivity contribution in [2.75, 3.05) is 11.9 Å². The van der Waals surface area contributed by atoms with Crippen LogP contribution in [0.1, 0.15) is 23.0 Å². The first-order chi connectivity index (χ1) is 11.6. The highest BCUT2D eigenvalue weighted by molar-refractivity contribution is 6.05. The van der Waals surface area contributed by atoms with Gasteiger partial charge in [-0.3, -0.25) is 9.69 Å². The Kier molecular flexibility index (Phi) is 4.37. The molecule has 122 valence electrons. The van der Waals surface area contributed by atoms with Crippen molar-refractivity contribution in [2.45, 2.75) is 20.4 Å². The van der Waals surface area contributed by atoms with Gasteiger partial charge in [0.25, 0.3) is 5.91 Å². The Balaban J connectivity index is 1.84. The summed E-state index contributed by atoms with van der Waals surface area (Å²) in [6.07, 6.45) is 1.70. The molecule has 6 nitrogen and oxygen atoms in total. The van der Waals surface area contributed by atoms with Gasteiger partial charge in [-0.25, -0.2) is 4.98 Å². The third-order valence-electron chi connectivity index (χ3n) is 3.87. The van der Waals surface area contributed by atoms with E-state index in [1.54, 1.807) is 30.4 Å². The maximum atomic E-state index is 12.6. The summed E-state index contributed by atoms with van der Waals surface area (Å²) < 4.78 is 1.96. The van der Waals surface area contributed by atoms with E-state index >= 15 is 0 Å². The predicted octanol–water partition coefficient (Wildman–Crippen LogP) is 2.95. The number of amides is 1. The van der Waals surface area contributed by atoms with Crippen LogP contribution in [0.4, 0.5) is 5.82 Å². The van der Waals surface area contributed by atoms with Gasteiger partial charge in [-0.1, -0.05) is 18.2 Å². The lowest BCUT2D eigenvalue weighted by Gasteiger charge is -2.16. The molecule has 2 heterocycles. The van der Waals surface area contributed by atoms with Crippen molar-refractivity contribution in [3.05, 3.63) is 60.0 Å². The summed E-state index contributed by atoms with van der Waals surface area (Å²) in [6.45, 7) is 4.74. The highest BCUT2D eigenvalue weighted by Gasteiger charge is 2.15. The minimum Gasteiger partial charge on any atom is -0.314 e. The van der Waals surface area contributed by atoms with Crippen molar-refractivity contribution < 1.29 is 4.79 Å². The standard InChI is InChI=1S/C18H19N5O/c1-4-23-12-19-21-17(23)14-8-10-15(11-9-14)18(24)22(3)16-7-5-6-13(2)20-16/h5-12H,4H2,1-3H3. The van der Waals surface area contributed by atoms with Crippen molar-refractivity contribution in [3.63, 3.8) is 0 Å². The molecule has 0 unspecified atom stereocenters. The molecule has 3 rings (SSSR count). The first kappa shape index (κ1) is 15.9. The molecule has 0 spiro atoms. The molecule has 0 radical (unpaired) electrons. The predicted molar refractivity (Wildman–Crippen MR) is 92.8 cm³/mol. The number of aromatic nitrogens is 4. The molecule has 2 aromatic heterocycles. The molecule has 0 saturated heterocycles. The van der Waals surface area contributed by atoms with Gasteiger partial charge in [-0.15, -0.1) is 10.2 Å². The van der Waals surface area contributed by atoms with Crippen molar-refractivity contribution in [3.8, 4) is 11.4 Å². The molecule has 0 aliphatic heterocycles. The van der Waals surface area contributed by atoms with E-state index in [-0.39, 0.29) is 5.91 Å². The first-order valence-corrected chi connectivity index (χ1v) is 7.80. The topological polar surface area (TPSA) is 63.9 Å². The molecule has 0 bridgehead atoms. The SMILES string of the molecule is CCn1cnnc1-c1ccc(C(=O)N(C)c2cccc(C)n2)cc1. The van der Waals surface area contributed by atoms with Gasteiger partial charge in [-0.2, -0.15) is 0 Å². The van der Waals surface area contributed by atoms with Crippen LogP contribution in [0.15, 0.2) is 48.8 Å². The number of hydrogen-bond acceptors (Lipinski definition) is 4. The summed E-state index contributed by atoms with van der Waals surface area (Å²) >= 11 is 0. The molecule has 0 aliphatic carbocycles. The van der Waals surface area contributed by atoms with E-state index in [2.05, 4.69) is 15.2 Å². The summed E-state index contributed by atoms with van der Waals surface area (Å²) in [5.41, 5.74) is 2.41. The number of aryl methyl sites for hydroxylation is 2. The van der Waals surface area contributed by atoms with Gasteiger partial charge >= 0.3 is 0 Å². The highest BCUT2D eigenvalue weighted by atomic mass is 16.2. The van der Waals surface area contributed by atoms with Crippen molar-refractivity contribution >= 4 is 11.7 Å². The third kappa shape index (κ3) is 3.03. The van der Waals surface area contributed by atoms with E-state index in [9.17, 15) is 4.79 Å². The second kappa shape index (κ2) is 6.62. The number of nitrogens with zero attached hydrogens (tertiary/aromatic N) is 5. The van der Waals surface area contributed by atoms with Crippen LogP contribution in [-0.2, 0) is 6.54 Å². The Labute approximate surface area is 140 Å². The van der Waals surface area contributed by atoms with Crippen LogP contribution < -0.4 is 4.90 Å². The Morgan fingerprint density at radius 3 is 2.58 bits per heavy atom. The fourth-order valence-electron chi connectivity index (χ4n) is 2.48. The molecular weight excluding hydrogens is 302 g/mol. The van der Waals surface area contributed by atoms with E-state index in [1.165, 1.54) is 0 Å². The van der Waals surface area contributed by atoms with Crippen molar-refractivity contribution in [1.82, 2.24) is 19.7 Å². The molecule has 6 heteroatoms. The maximum absolute atomic E-state index is 12.6. The summed E-state index contributed by atoms with van der Waals surface area (Å²) in [5, 5.41) is 8.06. The van der Waals surface area contributed by atoms with Crippen LogP contribution in [0.25, 0.3) is 11.4 Å². The molecule has 0 fully saturated rings. The van der Waals surface area contributed by atoms with Crippen LogP contribution in [0.2, 0.25) is 0 Å². The smallest absolute Gasteiger partial charge is 0.259 e.